The van der Waals surface area contributed by atoms with Crippen LogP contribution >= 0.6 is 0 Å². The van der Waals surface area contributed by atoms with Gasteiger partial charge in [0, 0.05) is 30.5 Å². The van der Waals surface area contributed by atoms with Crippen molar-refractivity contribution in [3.63, 3.8) is 0 Å². The van der Waals surface area contributed by atoms with Crippen LogP contribution in [0.4, 0.5) is 0 Å². The second kappa shape index (κ2) is 8.36. The Hall–Kier alpha value is -1.98. The predicted octanol–water partition coefficient (Wildman–Crippen LogP) is 2.57. The van der Waals surface area contributed by atoms with E-state index < -0.39 is 11.5 Å². The fraction of sp³-hybridized carbons (Fsp3) is 0.545. The third kappa shape index (κ3) is 3.99. The van der Waals surface area contributed by atoms with E-state index in [9.17, 15) is 19.8 Å². The summed E-state index contributed by atoms with van der Waals surface area (Å²) in [6.07, 6.45) is 2.71. The summed E-state index contributed by atoms with van der Waals surface area (Å²) in [5.41, 5.74) is 2.09. The largest absolute Gasteiger partial charge is 0.396 e. The van der Waals surface area contributed by atoms with Crippen LogP contribution in [-0.4, -0.2) is 52.6 Å². The van der Waals surface area contributed by atoms with Crippen LogP contribution in [-0.2, 0) is 9.59 Å². The van der Waals surface area contributed by atoms with Crippen molar-refractivity contribution in [1.29, 1.82) is 0 Å². The molecule has 0 aromatic heterocycles. The minimum absolute atomic E-state index is 0.0513. The van der Waals surface area contributed by atoms with E-state index in [4.69, 9.17) is 0 Å². The second-order valence-electron chi connectivity index (χ2n) is 7.80. The van der Waals surface area contributed by atoms with Crippen LogP contribution in [0, 0.1) is 5.41 Å². The summed E-state index contributed by atoms with van der Waals surface area (Å²) in [4.78, 5) is 26.9. The Morgan fingerprint density at radius 1 is 1.26 bits per heavy atom. The number of allylic oxidation sites excluding steroid dienone is 1. The maximum atomic E-state index is 12.8. The normalized spacial score (nSPS) is 26.0. The molecule has 1 aromatic carbocycles. The van der Waals surface area contributed by atoms with Crippen molar-refractivity contribution in [3.05, 3.63) is 41.5 Å². The maximum Gasteiger partial charge on any atom is 0.227 e. The van der Waals surface area contributed by atoms with Gasteiger partial charge in [0.25, 0.3) is 0 Å². The van der Waals surface area contributed by atoms with Crippen LogP contribution in [0.25, 0.3) is 5.57 Å². The first-order chi connectivity index (χ1) is 13.0. The lowest BCUT2D eigenvalue weighted by Crippen LogP contribution is -2.54. The Labute approximate surface area is 160 Å². The minimum Gasteiger partial charge on any atom is -0.396 e. The van der Waals surface area contributed by atoms with Crippen LogP contribution in [0.3, 0.4) is 0 Å². The molecule has 1 aliphatic carbocycles. The van der Waals surface area contributed by atoms with Crippen LogP contribution in [0.1, 0.15) is 51.0 Å². The van der Waals surface area contributed by atoms with Gasteiger partial charge in [0.2, 0.25) is 5.91 Å². The lowest BCUT2D eigenvalue weighted by molar-refractivity contribution is -0.141. The van der Waals surface area contributed by atoms with Gasteiger partial charge in [0.1, 0.15) is 0 Å². The number of hydrogen-bond acceptors (Lipinski definition) is 4. The van der Waals surface area contributed by atoms with Crippen LogP contribution in [0.2, 0.25) is 0 Å². The number of amides is 1. The van der Waals surface area contributed by atoms with Gasteiger partial charge in [-0.2, -0.15) is 0 Å². The lowest BCUT2D eigenvalue weighted by atomic mass is 9.73. The molecule has 5 nitrogen and oxygen atoms in total. The molecule has 0 unspecified atom stereocenters. The molecule has 0 bridgehead atoms. The van der Waals surface area contributed by atoms with Crippen LogP contribution < -0.4 is 0 Å². The Bertz CT molecular complexity index is 727. The second-order valence-corrected chi connectivity index (χ2v) is 7.80. The number of β-amino-alcohol motifs (C(OH)–C–C–N with tert-alkyl or cyclic N) is 1. The topological polar surface area (TPSA) is 77.8 Å². The number of Topliss-reactive ketones (excluding diaryl/α,β-unsaturated/α-hetero) is 1. The molecular weight excluding hydrogens is 342 g/mol. The monoisotopic (exact) mass is 371 g/mol. The summed E-state index contributed by atoms with van der Waals surface area (Å²) in [7, 11) is 0. The fourth-order valence-electron chi connectivity index (χ4n) is 4.43. The van der Waals surface area contributed by atoms with Gasteiger partial charge in [0.15, 0.2) is 5.78 Å². The number of hydrogen-bond donors (Lipinski definition) is 2. The highest BCUT2D eigenvalue weighted by atomic mass is 16.3. The number of benzene rings is 1. The van der Waals surface area contributed by atoms with Crippen molar-refractivity contribution in [1.82, 2.24) is 4.90 Å². The summed E-state index contributed by atoms with van der Waals surface area (Å²) in [6, 6.07) is 9.76. The van der Waals surface area contributed by atoms with Gasteiger partial charge in [-0.1, -0.05) is 43.7 Å². The van der Waals surface area contributed by atoms with Crippen molar-refractivity contribution in [2.45, 2.75) is 51.6 Å². The molecule has 2 atom stereocenters. The minimum atomic E-state index is -0.734. The molecule has 0 spiro atoms. The summed E-state index contributed by atoms with van der Waals surface area (Å²) in [5.74, 6) is -0.0637. The first-order valence-corrected chi connectivity index (χ1v) is 9.88. The first kappa shape index (κ1) is 19.8. The van der Waals surface area contributed by atoms with Gasteiger partial charge in [-0.3, -0.25) is 9.59 Å². The number of aliphatic hydroxyl groups is 2. The molecule has 1 aromatic rings. The maximum absolute atomic E-state index is 12.8. The molecule has 1 fully saturated rings. The highest BCUT2D eigenvalue weighted by Gasteiger charge is 2.42. The number of likely N-dealkylation sites (tertiary alicyclic amines) is 1. The van der Waals surface area contributed by atoms with Gasteiger partial charge in [-0.15, -0.1) is 0 Å². The molecule has 146 valence electrons. The first-order valence-electron chi connectivity index (χ1n) is 9.88. The summed E-state index contributed by atoms with van der Waals surface area (Å²) >= 11 is 0. The van der Waals surface area contributed by atoms with Gasteiger partial charge in [0.05, 0.1) is 19.1 Å². The summed E-state index contributed by atoms with van der Waals surface area (Å²) < 4.78 is 0. The molecule has 1 amide bonds. The highest BCUT2D eigenvalue weighted by molar-refractivity contribution is 6.10. The number of carbonyl (C=O) groups is 2. The molecule has 1 saturated heterocycles. The average Bonchev–Trinajstić information content (AvgIpc) is 3.04. The fourth-order valence-corrected chi connectivity index (χ4v) is 4.43. The zero-order valence-electron chi connectivity index (χ0n) is 16.0. The summed E-state index contributed by atoms with van der Waals surface area (Å²) in [5, 5.41) is 20.4. The van der Waals surface area contributed by atoms with Crippen molar-refractivity contribution in [2.24, 2.45) is 5.41 Å². The standard InChI is InChI=1S/C22H29NO4/c1-2-10-22(15-24)11-12-23(14-20(22)26)21(27)13-18-17(8-9-19(18)25)16-6-4-3-5-7-16/h3-7,20,24,26H,2,8-15H2,1H3/t20-,22-/m1/s1. The van der Waals surface area contributed by atoms with Crippen LogP contribution in [0.5, 0.6) is 0 Å². The van der Waals surface area contributed by atoms with E-state index >= 15 is 0 Å². The van der Waals surface area contributed by atoms with E-state index in [1.807, 2.05) is 37.3 Å². The molecule has 27 heavy (non-hydrogen) atoms. The SMILES string of the molecule is CCC[C@]1(CO)CCN(C(=O)CC2=C(c3ccccc3)CCC2=O)C[C@H]1O. The van der Waals surface area contributed by atoms with Gasteiger partial charge >= 0.3 is 0 Å². The molecule has 0 radical (unpaired) electrons. The molecular formula is C22H29NO4. The smallest absolute Gasteiger partial charge is 0.227 e. The molecule has 1 aliphatic heterocycles. The van der Waals surface area contributed by atoms with E-state index in [2.05, 4.69) is 0 Å². The van der Waals surface area contributed by atoms with E-state index in [0.717, 1.165) is 24.0 Å². The van der Waals surface area contributed by atoms with Gasteiger partial charge < -0.3 is 15.1 Å². The molecule has 0 saturated carbocycles. The molecule has 1 heterocycles. The van der Waals surface area contributed by atoms with Gasteiger partial charge in [-0.05, 0) is 30.4 Å². The third-order valence-electron chi connectivity index (χ3n) is 6.15. The quantitative estimate of drug-likeness (QED) is 0.806. The Morgan fingerprint density at radius 3 is 2.63 bits per heavy atom. The highest BCUT2D eigenvalue weighted by Crippen LogP contribution is 2.37. The average molecular weight is 371 g/mol. The van der Waals surface area contributed by atoms with Crippen LogP contribution in [0.15, 0.2) is 35.9 Å². The molecule has 5 heteroatoms. The van der Waals surface area contributed by atoms with Gasteiger partial charge in [-0.25, -0.2) is 0 Å². The molecule has 3 rings (SSSR count). The van der Waals surface area contributed by atoms with E-state index in [-0.39, 0.29) is 31.3 Å². The predicted molar refractivity (Wildman–Crippen MR) is 104 cm³/mol. The van der Waals surface area contributed by atoms with E-state index in [1.54, 1.807) is 4.90 Å². The van der Waals surface area contributed by atoms with E-state index in [1.165, 1.54) is 0 Å². The number of carbonyl (C=O) groups excluding carboxylic acids is 2. The number of aliphatic hydroxyl groups excluding tert-OH is 2. The van der Waals surface area contributed by atoms with Crippen molar-refractivity contribution in [2.75, 3.05) is 19.7 Å². The number of nitrogens with zero attached hydrogens (tertiary/aromatic N) is 1. The molecule has 2 N–H and O–H groups in total. The van der Waals surface area contributed by atoms with Crippen molar-refractivity contribution < 1.29 is 19.8 Å². The summed E-state index contributed by atoms with van der Waals surface area (Å²) in [6.45, 7) is 2.71. The Morgan fingerprint density at radius 2 is 2.00 bits per heavy atom. The van der Waals surface area contributed by atoms with E-state index in [0.29, 0.717) is 31.4 Å². The number of piperidine rings is 1. The lowest BCUT2D eigenvalue weighted by Gasteiger charge is -2.44. The van der Waals surface area contributed by atoms with Crippen molar-refractivity contribution >= 4 is 17.3 Å². The Kier molecular flexibility index (Phi) is 6.12. The Balaban J connectivity index is 1.73. The zero-order valence-corrected chi connectivity index (χ0v) is 16.0. The zero-order chi connectivity index (χ0) is 19.4. The van der Waals surface area contributed by atoms with Crippen molar-refractivity contribution in [3.8, 4) is 0 Å². The third-order valence-corrected chi connectivity index (χ3v) is 6.15. The number of rotatable bonds is 6. The number of ketones is 1. The molecule has 2 aliphatic rings.